The average Bonchev–Trinajstić information content (AvgIpc) is 3.07. The van der Waals surface area contributed by atoms with Crippen molar-refractivity contribution in [3.8, 4) is 22.8 Å². The van der Waals surface area contributed by atoms with E-state index in [9.17, 15) is 34.8 Å². The van der Waals surface area contributed by atoms with Crippen molar-refractivity contribution in [3.63, 3.8) is 0 Å². The van der Waals surface area contributed by atoms with E-state index in [1.165, 1.54) is 49.0 Å². The van der Waals surface area contributed by atoms with Gasteiger partial charge in [0.05, 0.1) is 28.1 Å². The van der Waals surface area contributed by atoms with Crippen molar-refractivity contribution in [2.45, 2.75) is 28.4 Å². The summed E-state index contributed by atoms with van der Waals surface area (Å²) in [6.07, 6.45) is -3.00. The predicted octanol–water partition coefficient (Wildman–Crippen LogP) is 5.57. The maximum Gasteiger partial charge on any atom is 0.446 e. The summed E-state index contributed by atoms with van der Waals surface area (Å²) in [6.45, 7) is 1.28. The smallest absolute Gasteiger partial charge is 0.326 e. The molecule has 0 saturated carbocycles. The highest BCUT2D eigenvalue weighted by Crippen LogP contribution is 2.39. The zero-order chi connectivity index (χ0) is 23.9. The first-order valence-electron chi connectivity index (χ1n) is 8.91. The molecule has 5 nitrogen and oxygen atoms in total. The Morgan fingerprint density at radius 1 is 1.03 bits per heavy atom. The Hall–Kier alpha value is -2.54. The number of imidazole rings is 1. The number of alkyl halides is 6. The van der Waals surface area contributed by atoms with Gasteiger partial charge in [-0.3, -0.25) is 4.98 Å². The molecule has 0 saturated heterocycles. The van der Waals surface area contributed by atoms with Crippen LogP contribution in [0.15, 0.2) is 52.5 Å². The van der Waals surface area contributed by atoms with Gasteiger partial charge in [-0.15, -0.1) is 0 Å². The van der Waals surface area contributed by atoms with Crippen molar-refractivity contribution in [1.29, 1.82) is 0 Å². The number of hydrogen-bond donors (Lipinski definition) is 0. The monoisotopic (exact) mass is 495 g/mol. The Labute approximate surface area is 183 Å². The van der Waals surface area contributed by atoms with E-state index in [2.05, 4.69) is 9.97 Å². The molecule has 3 rings (SSSR count). The van der Waals surface area contributed by atoms with E-state index in [1.54, 1.807) is 0 Å². The summed E-state index contributed by atoms with van der Waals surface area (Å²) in [6, 6.07) is 6.02. The molecule has 3 aromatic rings. The van der Waals surface area contributed by atoms with Crippen molar-refractivity contribution < 1.29 is 34.8 Å². The molecular formula is C19H15F6N3O2S2. The summed E-state index contributed by atoms with van der Waals surface area (Å²) in [5, 5.41) is 0. The zero-order valence-electron chi connectivity index (χ0n) is 16.5. The number of rotatable bonds is 5. The molecule has 0 aliphatic heterocycles. The van der Waals surface area contributed by atoms with E-state index in [0.717, 1.165) is 0 Å². The SMILES string of the molecule is CCS(=O)(=O)c1cc(C(F)(F)F)cnc1-c1ncc(-c2cccc(SC(F)(F)F)c2)n1C. The molecule has 0 radical (unpaired) electrons. The number of hydrogen-bond acceptors (Lipinski definition) is 5. The van der Waals surface area contributed by atoms with E-state index in [4.69, 9.17) is 0 Å². The molecule has 0 N–H and O–H groups in total. The van der Waals surface area contributed by atoms with Gasteiger partial charge in [-0.1, -0.05) is 19.1 Å². The van der Waals surface area contributed by atoms with Crippen LogP contribution < -0.4 is 0 Å². The third-order valence-electron chi connectivity index (χ3n) is 4.46. The number of pyridine rings is 1. The van der Waals surface area contributed by atoms with Gasteiger partial charge >= 0.3 is 11.7 Å². The molecule has 2 heterocycles. The lowest BCUT2D eigenvalue weighted by atomic mass is 10.2. The fourth-order valence-corrected chi connectivity index (χ4v) is 4.57. The maximum atomic E-state index is 13.1. The molecule has 172 valence electrons. The number of benzene rings is 1. The van der Waals surface area contributed by atoms with Crippen molar-refractivity contribution in [2.75, 3.05) is 5.75 Å². The highest BCUT2D eigenvalue weighted by Gasteiger charge is 2.34. The molecule has 0 unspecified atom stereocenters. The van der Waals surface area contributed by atoms with Gasteiger partial charge in [-0.05, 0) is 30.0 Å². The fourth-order valence-electron chi connectivity index (χ4n) is 2.91. The van der Waals surface area contributed by atoms with Gasteiger partial charge in [-0.25, -0.2) is 13.4 Å². The van der Waals surface area contributed by atoms with Crippen LogP contribution in [0.2, 0.25) is 0 Å². The average molecular weight is 495 g/mol. The Morgan fingerprint density at radius 2 is 1.72 bits per heavy atom. The Morgan fingerprint density at radius 3 is 2.31 bits per heavy atom. The van der Waals surface area contributed by atoms with Crippen molar-refractivity contribution in [2.24, 2.45) is 7.05 Å². The van der Waals surface area contributed by atoms with E-state index in [1.807, 2.05) is 0 Å². The van der Waals surface area contributed by atoms with Gasteiger partial charge in [0.15, 0.2) is 15.7 Å². The number of aromatic nitrogens is 3. The third kappa shape index (κ3) is 5.09. The second kappa shape index (κ2) is 8.43. The van der Waals surface area contributed by atoms with Crippen LogP contribution in [-0.2, 0) is 23.1 Å². The van der Waals surface area contributed by atoms with E-state index < -0.39 is 37.7 Å². The molecule has 13 heteroatoms. The number of thioether (sulfide) groups is 1. The zero-order valence-corrected chi connectivity index (χ0v) is 18.1. The summed E-state index contributed by atoms with van der Waals surface area (Å²) in [5.74, 6) is -0.508. The first-order valence-corrected chi connectivity index (χ1v) is 11.4. The van der Waals surface area contributed by atoms with Crippen LogP contribution in [0.3, 0.4) is 0 Å². The minimum atomic E-state index is -4.80. The second-order valence-corrected chi connectivity index (χ2v) is 9.96. The molecule has 0 aliphatic carbocycles. The van der Waals surface area contributed by atoms with E-state index >= 15 is 0 Å². The minimum absolute atomic E-state index is 0.0466. The lowest BCUT2D eigenvalue weighted by molar-refractivity contribution is -0.138. The molecular weight excluding hydrogens is 480 g/mol. The minimum Gasteiger partial charge on any atom is -0.326 e. The normalized spacial score (nSPS) is 12.9. The summed E-state index contributed by atoms with van der Waals surface area (Å²) in [7, 11) is -2.64. The molecule has 1 aromatic carbocycles. The number of halogens is 6. The van der Waals surface area contributed by atoms with Crippen LogP contribution in [0.1, 0.15) is 12.5 Å². The van der Waals surface area contributed by atoms with Crippen LogP contribution in [-0.4, -0.2) is 34.2 Å². The van der Waals surface area contributed by atoms with Gasteiger partial charge in [-0.2, -0.15) is 26.3 Å². The number of sulfone groups is 1. The molecule has 0 aliphatic rings. The Kier molecular flexibility index (Phi) is 6.35. The first kappa shape index (κ1) is 24.1. The first-order chi connectivity index (χ1) is 14.7. The van der Waals surface area contributed by atoms with E-state index in [-0.39, 0.29) is 28.2 Å². The van der Waals surface area contributed by atoms with E-state index in [0.29, 0.717) is 23.5 Å². The summed E-state index contributed by atoms with van der Waals surface area (Å²) in [5.41, 5.74) is -5.31. The van der Waals surface area contributed by atoms with Crippen LogP contribution in [0.4, 0.5) is 26.3 Å². The number of nitrogens with zero attached hydrogens (tertiary/aromatic N) is 3. The highest BCUT2D eigenvalue weighted by molar-refractivity contribution is 8.00. The fraction of sp³-hybridized carbons (Fsp3) is 0.263. The molecule has 2 aromatic heterocycles. The van der Waals surface area contributed by atoms with Crippen LogP contribution in [0.5, 0.6) is 0 Å². The highest BCUT2D eigenvalue weighted by atomic mass is 32.2. The summed E-state index contributed by atoms with van der Waals surface area (Å²) >= 11 is -0.297. The van der Waals surface area contributed by atoms with Gasteiger partial charge < -0.3 is 4.57 Å². The Bertz CT molecular complexity index is 1250. The molecule has 0 spiro atoms. The summed E-state index contributed by atoms with van der Waals surface area (Å²) < 4.78 is 104. The lowest BCUT2D eigenvalue weighted by Gasteiger charge is -2.13. The topological polar surface area (TPSA) is 64.8 Å². The van der Waals surface area contributed by atoms with Crippen LogP contribution >= 0.6 is 11.8 Å². The molecule has 32 heavy (non-hydrogen) atoms. The maximum absolute atomic E-state index is 13.1. The molecule has 0 bridgehead atoms. The standard InChI is InChI=1S/C19H15F6N3O2S2/c1-3-32(29,30)15-8-12(18(20,21)22)9-26-16(15)17-27-10-14(28(17)2)11-5-4-6-13(7-11)31-19(23,24)25/h4-10H,3H2,1-2H3. The van der Waals surface area contributed by atoms with Crippen molar-refractivity contribution in [1.82, 2.24) is 14.5 Å². The lowest BCUT2D eigenvalue weighted by Crippen LogP contribution is -2.13. The largest absolute Gasteiger partial charge is 0.446 e. The third-order valence-corrected chi connectivity index (χ3v) is 6.92. The van der Waals surface area contributed by atoms with Crippen LogP contribution in [0.25, 0.3) is 22.8 Å². The van der Waals surface area contributed by atoms with Gasteiger partial charge in [0.1, 0.15) is 5.69 Å². The second-order valence-electron chi connectivity index (χ2n) is 6.57. The Balaban J connectivity index is 2.14. The van der Waals surface area contributed by atoms with Gasteiger partial charge in [0.25, 0.3) is 0 Å². The predicted molar refractivity (Wildman–Crippen MR) is 107 cm³/mol. The van der Waals surface area contributed by atoms with Crippen molar-refractivity contribution in [3.05, 3.63) is 48.3 Å². The quantitative estimate of drug-likeness (QED) is 0.342. The van der Waals surface area contributed by atoms with Gasteiger partial charge in [0.2, 0.25) is 0 Å². The molecule has 0 atom stereocenters. The van der Waals surface area contributed by atoms with Gasteiger partial charge in [0, 0.05) is 23.7 Å². The van der Waals surface area contributed by atoms with Crippen LogP contribution in [0, 0.1) is 0 Å². The summed E-state index contributed by atoms with van der Waals surface area (Å²) in [4.78, 5) is 7.12. The molecule has 0 amide bonds. The molecule has 0 fully saturated rings. The van der Waals surface area contributed by atoms with Crippen molar-refractivity contribution >= 4 is 21.6 Å².